The van der Waals surface area contributed by atoms with Gasteiger partial charge >= 0.3 is 17.9 Å². The van der Waals surface area contributed by atoms with E-state index in [1.54, 1.807) is 6.92 Å². The summed E-state index contributed by atoms with van der Waals surface area (Å²) in [5.74, 6) is -0.926. The third-order valence-electron chi connectivity index (χ3n) is 5.13. The zero-order valence-corrected chi connectivity index (χ0v) is 27.5. The molecule has 40 heavy (non-hydrogen) atoms. The number of hydrogen-bond donors (Lipinski definition) is 1. The van der Waals surface area contributed by atoms with E-state index in [0.29, 0.717) is 19.3 Å². The third kappa shape index (κ3) is 35.5. The Morgan fingerprint density at radius 2 is 1.00 bits per heavy atom. The van der Waals surface area contributed by atoms with Crippen LogP contribution in [0.4, 0.5) is 0 Å². The molecule has 232 valence electrons. The summed E-state index contributed by atoms with van der Waals surface area (Å²) in [6.45, 7) is 22.0. The van der Waals surface area contributed by atoms with E-state index in [4.69, 9.17) is 9.84 Å². The summed E-state index contributed by atoms with van der Waals surface area (Å²) in [5.41, 5.74) is 5.25. The second-order valence-corrected chi connectivity index (χ2v) is 10.7. The zero-order chi connectivity index (χ0) is 31.5. The van der Waals surface area contributed by atoms with E-state index in [1.165, 1.54) is 22.3 Å². The number of hydrogen-bond acceptors (Lipinski definition) is 6. The van der Waals surface area contributed by atoms with E-state index in [1.807, 2.05) is 39.8 Å². The molecule has 0 aromatic heterocycles. The van der Waals surface area contributed by atoms with Crippen molar-refractivity contribution in [1.29, 1.82) is 0 Å². The van der Waals surface area contributed by atoms with Crippen LogP contribution >= 0.6 is 0 Å². The van der Waals surface area contributed by atoms with Crippen LogP contribution in [0.2, 0.25) is 0 Å². The van der Waals surface area contributed by atoms with Gasteiger partial charge in [0.15, 0.2) is 0 Å². The predicted molar refractivity (Wildman–Crippen MR) is 168 cm³/mol. The van der Waals surface area contributed by atoms with Crippen LogP contribution in [0, 0.1) is 0 Å². The van der Waals surface area contributed by atoms with E-state index >= 15 is 0 Å². The monoisotopic (exact) mass is 564 g/mol. The number of esters is 3. The smallest absolute Gasteiger partial charge is 0.313 e. The van der Waals surface area contributed by atoms with Gasteiger partial charge in [-0.2, -0.15) is 0 Å². The summed E-state index contributed by atoms with van der Waals surface area (Å²) in [5, 5.41) is 9.04. The van der Waals surface area contributed by atoms with Gasteiger partial charge in [-0.3, -0.25) is 14.4 Å². The summed E-state index contributed by atoms with van der Waals surface area (Å²) in [7, 11) is 0. The highest BCUT2D eigenvalue weighted by Gasteiger charge is 2.07. The largest absolute Gasteiger partial charge is 0.458 e. The fourth-order valence-corrected chi connectivity index (χ4v) is 3.30. The van der Waals surface area contributed by atoms with E-state index in [0.717, 1.165) is 44.9 Å². The lowest BCUT2D eigenvalue weighted by atomic mass is 10.1. The maximum absolute atomic E-state index is 11.3. The molecule has 0 spiro atoms. The van der Waals surface area contributed by atoms with Crippen molar-refractivity contribution in [1.82, 2.24) is 0 Å². The first kappa shape index (κ1) is 42.0. The molecule has 0 aromatic carbocycles. The summed E-state index contributed by atoms with van der Waals surface area (Å²) < 4.78 is 9.71. The van der Waals surface area contributed by atoms with Crippen LogP contribution in [-0.2, 0) is 23.9 Å². The molecule has 6 nitrogen and oxygen atoms in total. The van der Waals surface area contributed by atoms with Crippen LogP contribution in [0.15, 0.2) is 46.6 Å². The van der Waals surface area contributed by atoms with Crippen LogP contribution < -0.4 is 0 Å². The molecule has 0 aliphatic carbocycles. The van der Waals surface area contributed by atoms with E-state index in [2.05, 4.69) is 58.4 Å². The molecule has 0 amide bonds. The fourth-order valence-electron chi connectivity index (χ4n) is 3.30. The Labute approximate surface area is 246 Å². The van der Waals surface area contributed by atoms with E-state index in [-0.39, 0.29) is 18.2 Å². The SMILES string of the molecule is CC(C)=CCC/C(C)=C/C(C)O.CCCC(=O)OC(=O)CCC.CCCC(=O)OC(C)/C=C(\C)CCC=C(C)C. The van der Waals surface area contributed by atoms with Crippen molar-refractivity contribution in [3.05, 3.63) is 46.6 Å². The van der Waals surface area contributed by atoms with Gasteiger partial charge in [-0.25, -0.2) is 0 Å². The number of aliphatic hydroxyl groups is 1. The molecule has 1 N–H and O–H groups in total. The standard InChI is InChI=1S/C15H26O2.C11H20O.C8H14O3/c1-6-8-15(16)17-14(5)11-13(4)10-7-9-12(2)3;1-9(2)6-5-7-10(3)8-11(4)12;1-3-5-7(9)11-8(10)6-4-2/h9,11,14H,6-8,10H2,1-5H3;6,8,11-12H,5,7H2,1-4H3;3-6H2,1-2H3/b13-11+;10-8+;. The van der Waals surface area contributed by atoms with Crippen molar-refractivity contribution < 1.29 is 29.0 Å². The van der Waals surface area contributed by atoms with Crippen molar-refractivity contribution in [2.24, 2.45) is 0 Å². The minimum atomic E-state index is -0.411. The molecule has 2 unspecified atom stereocenters. The fraction of sp³-hybridized carbons (Fsp3) is 0.676. The average Bonchev–Trinajstić information content (AvgIpc) is 2.79. The molecule has 0 saturated carbocycles. The van der Waals surface area contributed by atoms with Gasteiger partial charge in [0, 0.05) is 19.3 Å². The van der Waals surface area contributed by atoms with Gasteiger partial charge < -0.3 is 14.6 Å². The van der Waals surface area contributed by atoms with Crippen LogP contribution in [0.1, 0.15) is 140 Å². The van der Waals surface area contributed by atoms with E-state index < -0.39 is 11.9 Å². The number of allylic oxidation sites excluding steroid dienone is 6. The minimum Gasteiger partial charge on any atom is -0.458 e. The first-order chi connectivity index (χ1) is 18.7. The Hall–Kier alpha value is -2.47. The molecule has 0 saturated heterocycles. The van der Waals surface area contributed by atoms with Crippen LogP contribution in [-0.4, -0.2) is 35.2 Å². The molecule has 0 aliphatic rings. The average molecular weight is 565 g/mol. The second-order valence-electron chi connectivity index (χ2n) is 10.7. The first-order valence-electron chi connectivity index (χ1n) is 14.9. The summed E-state index contributed by atoms with van der Waals surface area (Å²) in [4.78, 5) is 32.6. The quantitative estimate of drug-likeness (QED) is 0.121. The first-order valence-corrected chi connectivity index (χ1v) is 14.9. The molecule has 2 atom stereocenters. The lowest BCUT2D eigenvalue weighted by molar-refractivity contribution is -0.159. The normalized spacial score (nSPS) is 12.4. The minimum absolute atomic E-state index is 0.103. The van der Waals surface area contributed by atoms with Crippen LogP contribution in [0.25, 0.3) is 0 Å². The molecule has 0 heterocycles. The summed E-state index contributed by atoms with van der Waals surface area (Å²) in [6.07, 6.45) is 15.6. The number of aliphatic hydroxyl groups excluding tert-OH is 1. The van der Waals surface area contributed by atoms with E-state index in [9.17, 15) is 14.4 Å². The zero-order valence-electron chi connectivity index (χ0n) is 27.5. The Bertz CT molecular complexity index is 790. The summed E-state index contributed by atoms with van der Waals surface area (Å²) in [6, 6.07) is 0. The van der Waals surface area contributed by atoms with Gasteiger partial charge in [-0.1, -0.05) is 61.3 Å². The molecule has 0 aromatic rings. The van der Waals surface area contributed by atoms with Crippen molar-refractivity contribution in [2.75, 3.05) is 0 Å². The van der Waals surface area contributed by atoms with Crippen molar-refractivity contribution in [2.45, 2.75) is 153 Å². The Morgan fingerprint density at radius 3 is 1.35 bits per heavy atom. The van der Waals surface area contributed by atoms with Crippen molar-refractivity contribution in [3.63, 3.8) is 0 Å². The molecular formula is C34H60O6. The highest BCUT2D eigenvalue weighted by atomic mass is 16.6. The van der Waals surface area contributed by atoms with Gasteiger partial charge in [0.2, 0.25) is 0 Å². The lowest BCUT2D eigenvalue weighted by Crippen LogP contribution is -2.12. The lowest BCUT2D eigenvalue weighted by Gasteiger charge is -2.10. The van der Waals surface area contributed by atoms with Gasteiger partial charge in [0.25, 0.3) is 0 Å². The molecule has 0 fully saturated rings. The second kappa shape index (κ2) is 28.1. The predicted octanol–water partition coefficient (Wildman–Crippen LogP) is 9.13. The highest BCUT2D eigenvalue weighted by molar-refractivity contribution is 5.85. The molecule has 0 rings (SSSR count). The van der Waals surface area contributed by atoms with Gasteiger partial charge in [0.1, 0.15) is 6.10 Å². The summed E-state index contributed by atoms with van der Waals surface area (Å²) >= 11 is 0. The topological polar surface area (TPSA) is 89.9 Å². The molecular weight excluding hydrogens is 504 g/mol. The van der Waals surface area contributed by atoms with Crippen LogP contribution in [0.5, 0.6) is 0 Å². The van der Waals surface area contributed by atoms with Gasteiger partial charge in [-0.05, 0) is 106 Å². The molecule has 0 radical (unpaired) electrons. The maximum Gasteiger partial charge on any atom is 0.313 e. The molecule has 0 aliphatic heterocycles. The number of carbonyl (C=O) groups excluding carboxylic acids is 3. The van der Waals surface area contributed by atoms with Gasteiger partial charge in [0.05, 0.1) is 6.10 Å². The Morgan fingerprint density at radius 1 is 0.625 bits per heavy atom. The maximum atomic E-state index is 11.3. The van der Waals surface area contributed by atoms with Crippen molar-refractivity contribution >= 4 is 17.9 Å². The number of carbonyl (C=O) groups is 3. The molecule has 6 heteroatoms. The molecule has 0 bridgehead atoms. The van der Waals surface area contributed by atoms with Crippen LogP contribution in [0.3, 0.4) is 0 Å². The third-order valence-corrected chi connectivity index (χ3v) is 5.13. The highest BCUT2D eigenvalue weighted by Crippen LogP contribution is 2.10. The number of ether oxygens (including phenoxy) is 2. The van der Waals surface area contributed by atoms with Gasteiger partial charge in [-0.15, -0.1) is 0 Å². The Balaban J connectivity index is -0.000000530. The number of rotatable bonds is 15. The Kier molecular flexibility index (Phi) is 29.5. The van der Waals surface area contributed by atoms with Crippen molar-refractivity contribution in [3.8, 4) is 0 Å².